The molecule has 3 aromatic carbocycles. The molecule has 1 aliphatic rings. The van der Waals surface area contributed by atoms with Gasteiger partial charge in [0.1, 0.15) is 5.69 Å². The van der Waals surface area contributed by atoms with E-state index in [0.717, 1.165) is 16.7 Å². The van der Waals surface area contributed by atoms with Gasteiger partial charge in [-0.1, -0.05) is 48.5 Å². The number of H-pyrrole nitrogens is 1. The summed E-state index contributed by atoms with van der Waals surface area (Å²) >= 11 is 0. The molecule has 0 saturated heterocycles. The van der Waals surface area contributed by atoms with Crippen LogP contribution in [0.25, 0.3) is 11.3 Å². The molecule has 0 saturated carbocycles. The van der Waals surface area contributed by atoms with Crippen molar-refractivity contribution in [2.75, 3.05) is 20.8 Å². The van der Waals surface area contributed by atoms with Crippen molar-refractivity contribution in [3.8, 4) is 22.8 Å². The Balaban J connectivity index is 1.55. The number of hydrogen-bond donors (Lipinski definition) is 1. The van der Waals surface area contributed by atoms with Crippen molar-refractivity contribution in [2.24, 2.45) is 0 Å². The molecule has 1 N–H and O–H groups in total. The Kier molecular flexibility index (Phi) is 6.12. The quantitative estimate of drug-likeness (QED) is 0.284. The highest BCUT2D eigenvalue weighted by Crippen LogP contribution is 2.43. The van der Waals surface area contributed by atoms with E-state index in [2.05, 4.69) is 10.2 Å². The minimum atomic E-state index is -0.526. The van der Waals surface area contributed by atoms with E-state index < -0.39 is 11.0 Å². The monoisotopic (exact) mass is 484 g/mol. The summed E-state index contributed by atoms with van der Waals surface area (Å²) in [6, 6.07) is 21.1. The van der Waals surface area contributed by atoms with Gasteiger partial charge in [-0.15, -0.1) is 0 Å². The normalized spacial score (nSPS) is 14.6. The lowest BCUT2D eigenvalue weighted by molar-refractivity contribution is -0.384. The number of rotatable bonds is 8. The molecule has 0 aliphatic carbocycles. The summed E-state index contributed by atoms with van der Waals surface area (Å²) in [5, 5.41) is 18.9. The highest BCUT2D eigenvalue weighted by Gasteiger charge is 2.42. The third kappa shape index (κ3) is 4.04. The second kappa shape index (κ2) is 9.53. The first kappa shape index (κ1) is 23.1. The molecule has 0 fully saturated rings. The summed E-state index contributed by atoms with van der Waals surface area (Å²) in [4.78, 5) is 26.4. The molecule has 1 aliphatic heterocycles. The van der Waals surface area contributed by atoms with Gasteiger partial charge in [0, 0.05) is 29.8 Å². The van der Waals surface area contributed by atoms with Crippen LogP contribution in [0.5, 0.6) is 11.5 Å². The van der Waals surface area contributed by atoms with Gasteiger partial charge in [-0.3, -0.25) is 20.0 Å². The van der Waals surface area contributed by atoms with Gasteiger partial charge >= 0.3 is 0 Å². The van der Waals surface area contributed by atoms with Crippen LogP contribution in [0.2, 0.25) is 0 Å². The number of benzene rings is 3. The molecular formula is C27H24N4O5. The van der Waals surface area contributed by atoms with E-state index in [9.17, 15) is 14.9 Å². The van der Waals surface area contributed by atoms with E-state index in [1.165, 1.54) is 12.1 Å². The summed E-state index contributed by atoms with van der Waals surface area (Å²) < 4.78 is 10.7. The van der Waals surface area contributed by atoms with Crippen molar-refractivity contribution in [1.82, 2.24) is 15.1 Å². The van der Waals surface area contributed by atoms with Crippen molar-refractivity contribution >= 4 is 11.6 Å². The first-order chi connectivity index (χ1) is 17.5. The number of nitro benzene ring substituents is 1. The van der Waals surface area contributed by atoms with E-state index in [1.807, 2.05) is 54.6 Å². The molecule has 0 radical (unpaired) electrons. The molecule has 1 aromatic heterocycles. The number of non-ortho nitro benzene ring substituents is 1. The highest BCUT2D eigenvalue weighted by atomic mass is 16.6. The lowest BCUT2D eigenvalue weighted by atomic mass is 9.95. The van der Waals surface area contributed by atoms with Crippen LogP contribution in [0.4, 0.5) is 5.69 Å². The molecule has 36 heavy (non-hydrogen) atoms. The smallest absolute Gasteiger partial charge is 0.273 e. The number of nitrogens with zero attached hydrogens (tertiary/aromatic N) is 3. The number of nitrogens with one attached hydrogen (secondary N) is 1. The van der Waals surface area contributed by atoms with Gasteiger partial charge in [0.25, 0.3) is 11.6 Å². The molecule has 5 rings (SSSR count). The van der Waals surface area contributed by atoms with E-state index in [4.69, 9.17) is 9.47 Å². The Bertz CT molecular complexity index is 1430. The fourth-order valence-electron chi connectivity index (χ4n) is 4.68. The molecule has 9 heteroatoms. The fraction of sp³-hybridized carbons (Fsp3) is 0.185. The molecule has 182 valence electrons. The van der Waals surface area contributed by atoms with Gasteiger partial charge in [-0.2, -0.15) is 5.10 Å². The number of methoxy groups -OCH3 is 2. The first-order valence-electron chi connectivity index (χ1n) is 11.4. The second-order valence-electron chi connectivity index (χ2n) is 8.42. The Labute approximate surface area is 207 Å². The van der Waals surface area contributed by atoms with E-state index in [1.54, 1.807) is 25.2 Å². The van der Waals surface area contributed by atoms with Gasteiger partial charge in [0.2, 0.25) is 0 Å². The number of carbonyl (C=O) groups is 1. The van der Waals surface area contributed by atoms with Crippen LogP contribution in [-0.2, 0) is 6.42 Å². The zero-order valence-corrected chi connectivity index (χ0v) is 19.8. The summed E-state index contributed by atoms with van der Waals surface area (Å²) in [6.45, 7) is 0.387. The van der Waals surface area contributed by atoms with E-state index in [0.29, 0.717) is 41.4 Å². The maximum Gasteiger partial charge on any atom is 0.273 e. The van der Waals surface area contributed by atoms with E-state index in [-0.39, 0.29) is 11.6 Å². The average Bonchev–Trinajstić information content (AvgIpc) is 3.46. The van der Waals surface area contributed by atoms with Crippen molar-refractivity contribution < 1.29 is 19.2 Å². The number of fused-ring (bicyclic) bond motifs is 1. The molecule has 1 amide bonds. The first-order valence-corrected chi connectivity index (χ1v) is 11.4. The van der Waals surface area contributed by atoms with Crippen LogP contribution in [0.1, 0.15) is 33.2 Å². The number of amides is 1. The van der Waals surface area contributed by atoms with Crippen LogP contribution >= 0.6 is 0 Å². The third-order valence-corrected chi connectivity index (χ3v) is 6.40. The maximum atomic E-state index is 13.6. The topological polar surface area (TPSA) is 111 Å². The van der Waals surface area contributed by atoms with Gasteiger partial charge < -0.3 is 14.4 Å². The van der Waals surface area contributed by atoms with Crippen molar-refractivity contribution in [3.63, 3.8) is 0 Å². The van der Waals surface area contributed by atoms with Crippen molar-refractivity contribution in [2.45, 2.75) is 12.5 Å². The highest BCUT2D eigenvalue weighted by molar-refractivity contribution is 6.00. The van der Waals surface area contributed by atoms with Gasteiger partial charge in [-0.05, 0) is 29.7 Å². The Morgan fingerprint density at radius 3 is 2.50 bits per heavy atom. The standard InChI is InChI=1S/C27H24N4O5/c1-35-21-12-11-17(15-22(21)36-2)13-14-30-26(19-9-6-10-20(16-19)31(33)34)23-24(18-7-4-3-5-8-18)28-29-25(23)27(30)32/h3-12,15-16,26H,13-14H2,1-2H3,(H,28,29). The number of carbonyl (C=O) groups excluding carboxylic acids is 1. The number of hydrogen-bond acceptors (Lipinski definition) is 6. The Hall–Kier alpha value is -4.66. The lowest BCUT2D eigenvalue weighted by Gasteiger charge is -2.26. The van der Waals surface area contributed by atoms with Gasteiger partial charge in [0.05, 0.1) is 30.9 Å². The summed E-state index contributed by atoms with van der Waals surface area (Å²) in [5.41, 5.74) is 4.23. The molecule has 9 nitrogen and oxygen atoms in total. The predicted octanol–water partition coefficient (Wildman–Crippen LogP) is 4.79. The van der Waals surface area contributed by atoms with Gasteiger partial charge in [-0.25, -0.2) is 0 Å². The minimum Gasteiger partial charge on any atom is -0.493 e. The van der Waals surface area contributed by atoms with Crippen LogP contribution in [0.15, 0.2) is 72.8 Å². The SMILES string of the molecule is COc1ccc(CCN2C(=O)c3[nH]nc(-c4ccccc4)c3C2c2cccc([N+](=O)[O-])c2)cc1OC. The van der Waals surface area contributed by atoms with Crippen LogP contribution in [0, 0.1) is 10.1 Å². The molecular weight excluding hydrogens is 460 g/mol. The number of ether oxygens (including phenoxy) is 2. The third-order valence-electron chi connectivity index (χ3n) is 6.40. The lowest BCUT2D eigenvalue weighted by Crippen LogP contribution is -2.31. The van der Waals surface area contributed by atoms with E-state index >= 15 is 0 Å². The largest absolute Gasteiger partial charge is 0.493 e. The summed E-state index contributed by atoms with van der Waals surface area (Å²) in [7, 11) is 3.16. The zero-order chi connectivity index (χ0) is 25.2. The van der Waals surface area contributed by atoms with Crippen LogP contribution in [-0.4, -0.2) is 46.7 Å². The number of aromatic amines is 1. The number of nitro groups is 1. The molecule has 4 aromatic rings. The Morgan fingerprint density at radius 2 is 1.78 bits per heavy atom. The Morgan fingerprint density at radius 1 is 1.00 bits per heavy atom. The fourth-order valence-corrected chi connectivity index (χ4v) is 4.68. The molecule has 2 heterocycles. The van der Waals surface area contributed by atoms with Crippen LogP contribution in [0.3, 0.4) is 0 Å². The predicted molar refractivity (Wildman–Crippen MR) is 133 cm³/mol. The van der Waals surface area contributed by atoms with Crippen molar-refractivity contribution in [1.29, 1.82) is 0 Å². The molecule has 0 bridgehead atoms. The maximum absolute atomic E-state index is 13.6. The molecule has 1 unspecified atom stereocenters. The molecule has 0 spiro atoms. The second-order valence-corrected chi connectivity index (χ2v) is 8.42. The zero-order valence-electron chi connectivity index (χ0n) is 19.8. The number of aromatic nitrogens is 2. The minimum absolute atomic E-state index is 0.0296. The van der Waals surface area contributed by atoms with Gasteiger partial charge in [0.15, 0.2) is 11.5 Å². The van der Waals surface area contributed by atoms with Crippen LogP contribution < -0.4 is 9.47 Å². The summed E-state index contributed by atoms with van der Waals surface area (Å²) in [5.74, 6) is 1.04. The molecule has 1 atom stereocenters. The summed E-state index contributed by atoms with van der Waals surface area (Å²) in [6.07, 6.45) is 0.551. The van der Waals surface area contributed by atoms with Crippen molar-refractivity contribution in [3.05, 3.63) is 105 Å². The average molecular weight is 485 g/mol.